The summed E-state index contributed by atoms with van der Waals surface area (Å²) in [6.45, 7) is 6.87. The van der Waals surface area contributed by atoms with E-state index in [2.05, 4.69) is 11.8 Å². The van der Waals surface area contributed by atoms with E-state index in [9.17, 15) is 0 Å². The predicted molar refractivity (Wildman–Crippen MR) is 49.8 cm³/mol. The summed E-state index contributed by atoms with van der Waals surface area (Å²) in [5.41, 5.74) is 5.20. The third-order valence-electron chi connectivity index (χ3n) is 0.789. The second-order valence-electron chi connectivity index (χ2n) is 2.66. The number of ether oxygens (including phenoxy) is 1. The molecule has 0 rings (SSSR count). The summed E-state index contributed by atoms with van der Waals surface area (Å²) in [6.07, 6.45) is 0. The van der Waals surface area contributed by atoms with Gasteiger partial charge < -0.3 is 10.5 Å². The number of nitrogens with two attached hydrogens (primary N) is 1. The SMILES string of the molecule is CCOCC#CC(C)(C)N.Cl. The van der Waals surface area contributed by atoms with Gasteiger partial charge in [-0.3, -0.25) is 0 Å². The molecule has 0 spiro atoms. The van der Waals surface area contributed by atoms with E-state index in [1.807, 2.05) is 20.8 Å². The van der Waals surface area contributed by atoms with Crippen molar-refractivity contribution in [2.75, 3.05) is 13.2 Å². The van der Waals surface area contributed by atoms with Crippen LogP contribution in [0.25, 0.3) is 0 Å². The smallest absolute Gasteiger partial charge is 0.107 e. The summed E-state index contributed by atoms with van der Waals surface area (Å²) in [5.74, 6) is 5.69. The fourth-order valence-corrected chi connectivity index (χ4v) is 0.417. The molecule has 0 radical (unpaired) electrons. The minimum atomic E-state index is -0.392. The lowest BCUT2D eigenvalue weighted by Crippen LogP contribution is -2.29. The fourth-order valence-electron chi connectivity index (χ4n) is 0.417. The molecule has 0 bridgehead atoms. The fraction of sp³-hybridized carbons (Fsp3) is 0.750. The minimum Gasteiger partial charge on any atom is -0.369 e. The molecule has 2 N–H and O–H groups in total. The molecule has 2 nitrogen and oxygen atoms in total. The lowest BCUT2D eigenvalue weighted by Gasteiger charge is -2.07. The molecule has 0 aliphatic carbocycles. The van der Waals surface area contributed by atoms with Crippen molar-refractivity contribution >= 4 is 12.4 Å². The molecule has 0 aromatic carbocycles. The molecule has 0 aromatic rings. The van der Waals surface area contributed by atoms with Crippen molar-refractivity contribution in [3.8, 4) is 11.8 Å². The molecule has 0 unspecified atom stereocenters. The van der Waals surface area contributed by atoms with Gasteiger partial charge >= 0.3 is 0 Å². The zero-order valence-corrected chi connectivity index (χ0v) is 8.12. The maximum Gasteiger partial charge on any atom is 0.107 e. The molecule has 0 aliphatic heterocycles. The van der Waals surface area contributed by atoms with E-state index in [4.69, 9.17) is 10.5 Å². The van der Waals surface area contributed by atoms with Crippen LogP contribution in [0.15, 0.2) is 0 Å². The van der Waals surface area contributed by atoms with Gasteiger partial charge in [-0.1, -0.05) is 11.8 Å². The van der Waals surface area contributed by atoms with Crippen LogP contribution in [-0.2, 0) is 4.74 Å². The van der Waals surface area contributed by atoms with Crippen LogP contribution in [0, 0.1) is 11.8 Å². The van der Waals surface area contributed by atoms with E-state index in [1.54, 1.807) is 0 Å². The summed E-state index contributed by atoms with van der Waals surface area (Å²) < 4.78 is 5.00. The van der Waals surface area contributed by atoms with Crippen molar-refractivity contribution < 1.29 is 4.74 Å². The molecular formula is C8H16ClNO. The highest BCUT2D eigenvalue weighted by Gasteiger charge is 2.02. The highest BCUT2D eigenvalue weighted by atomic mass is 35.5. The standard InChI is InChI=1S/C8H15NO.ClH/c1-4-10-7-5-6-8(2,3)9;/h4,7,9H2,1-3H3;1H. The molecule has 3 heteroatoms. The molecule has 66 valence electrons. The van der Waals surface area contributed by atoms with Crippen LogP contribution in [-0.4, -0.2) is 18.8 Å². The lowest BCUT2D eigenvalue weighted by molar-refractivity contribution is 0.182. The minimum absolute atomic E-state index is 0. The second kappa shape index (κ2) is 6.48. The molecule has 0 aromatic heterocycles. The molecule has 0 amide bonds. The normalized spacial score (nSPS) is 9.45. The van der Waals surface area contributed by atoms with Gasteiger partial charge in [0.1, 0.15) is 6.61 Å². The van der Waals surface area contributed by atoms with Crippen LogP contribution in [0.4, 0.5) is 0 Å². The van der Waals surface area contributed by atoms with Crippen LogP contribution in [0.2, 0.25) is 0 Å². The van der Waals surface area contributed by atoms with Gasteiger partial charge in [-0.25, -0.2) is 0 Å². The molecular weight excluding hydrogens is 162 g/mol. The maximum absolute atomic E-state index is 5.59. The van der Waals surface area contributed by atoms with E-state index in [0.717, 1.165) is 0 Å². The number of rotatable bonds is 2. The first-order valence-corrected chi connectivity index (χ1v) is 3.43. The Morgan fingerprint density at radius 2 is 2.00 bits per heavy atom. The maximum atomic E-state index is 5.59. The first-order valence-electron chi connectivity index (χ1n) is 3.43. The first-order chi connectivity index (χ1) is 4.56. The summed E-state index contributed by atoms with van der Waals surface area (Å²) in [4.78, 5) is 0. The van der Waals surface area contributed by atoms with Crippen molar-refractivity contribution in [3.63, 3.8) is 0 Å². The highest BCUT2D eigenvalue weighted by molar-refractivity contribution is 5.85. The zero-order chi connectivity index (χ0) is 8.04. The van der Waals surface area contributed by atoms with Crippen molar-refractivity contribution in [1.29, 1.82) is 0 Å². The van der Waals surface area contributed by atoms with Gasteiger partial charge in [0.2, 0.25) is 0 Å². The van der Waals surface area contributed by atoms with Crippen LogP contribution in [0.3, 0.4) is 0 Å². The van der Waals surface area contributed by atoms with Gasteiger partial charge in [0, 0.05) is 6.61 Å². The van der Waals surface area contributed by atoms with Crippen molar-refractivity contribution in [1.82, 2.24) is 0 Å². The van der Waals surface area contributed by atoms with Crippen LogP contribution < -0.4 is 5.73 Å². The van der Waals surface area contributed by atoms with E-state index >= 15 is 0 Å². The van der Waals surface area contributed by atoms with Gasteiger partial charge in [-0.2, -0.15) is 0 Å². The Morgan fingerprint density at radius 3 is 2.36 bits per heavy atom. The van der Waals surface area contributed by atoms with Gasteiger partial charge in [0.25, 0.3) is 0 Å². The molecule has 11 heavy (non-hydrogen) atoms. The van der Waals surface area contributed by atoms with Crippen LogP contribution >= 0.6 is 12.4 Å². The average molecular weight is 178 g/mol. The third-order valence-corrected chi connectivity index (χ3v) is 0.789. The highest BCUT2D eigenvalue weighted by Crippen LogP contribution is 1.90. The summed E-state index contributed by atoms with van der Waals surface area (Å²) >= 11 is 0. The molecule has 0 saturated heterocycles. The predicted octanol–water partition coefficient (Wildman–Crippen LogP) is 1.19. The van der Waals surface area contributed by atoms with E-state index in [1.165, 1.54) is 0 Å². The topological polar surface area (TPSA) is 35.2 Å². The zero-order valence-electron chi connectivity index (χ0n) is 7.31. The van der Waals surface area contributed by atoms with Gasteiger partial charge in [-0.15, -0.1) is 12.4 Å². The van der Waals surface area contributed by atoms with Gasteiger partial charge in [0.15, 0.2) is 0 Å². The molecule has 0 fully saturated rings. The van der Waals surface area contributed by atoms with Crippen molar-refractivity contribution in [3.05, 3.63) is 0 Å². The van der Waals surface area contributed by atoms with Gasteiger partial charge in [-0.05, 0) is 20.8 Å². The van der Waals surface area contributed by atoms with Crippen LogP contribution in [0.1, 0.15) is 20.8 Å². The third kappa shape index (κ3) is 12.9. The van der Waals surface area contributed by atoms with Crippen molar-refractivity contribution in [2.45, 2.75) is 26.3 Å². The molecule has 0 saturated carbocycles. The van der Waals surface area contributed by atoms with Crippen LogP contribution in [0.5, 0.6) is 0 Å². The Labute approximate surface area is 74.9 Å². The van der Waals surface area contributed by atoms with E-state index in [-0.39, 0.29) is 12.4 Å². The summed E-state index contributed by atoms with van der Waals surface area (Å²) in [5, 5.41) is 0. The number of hydrogen-bond donors (Lipinski definition) is 1. The number of hydrogen-bond acceptors (Lipinski definition) is 2. The molecule has 0 aliphatic rings. The Kier molecular flexibility index (Phi) is 7.87. The summed E-state index contributed by atoms with van der Waals surface area (Å²) in [6, 6.07) is 0. The summed E-state index contributed by atoms with van der Waals surface area (Å²) in [7, 11) is 0. The van der Waals surface area contributed by atoms with Crippen molar-refractivity contribution in [2.24, 2.45) is 5.73 Å². The molecule has 0 heterocycles. The monoisotopic (exact) mass is 177 g/mol. The Bertz CT molecular complexity index is 140. The first kappa shape index (κ1) is 13.4. The van der Waals surface area contributed by atoms with Gasteiger partial charge in [0.05, 0.1) is 5.54 Å². The largest absolute Gasteiger partial charge is 0.369 e. The Balaban J connectivity index is 0. The quantitative estimate of drug-likeness (QED) is 0.508. The van der Waals surface area contributed by atoms with E-state index in [0.29, 0.717) is 13.2 Å². The average Bonchev–Trinajstić information content (AvgIpc) is 1.78. The second-order valence-corrected chi connectivity index (χ2v) is 2.66. The van der Waals surface area contributed by atoms with E-state index < -0.39 is 5.54 Å². The lowest BCUT2D eigenvalue weighted by atomic mass is 10.1. The Hall–Kier alpha value is -0.230. The molecule has 0 atom stereocenters. The number of halogens is 1. The Morgan fingerprint density at radius 1 is 1.45 bits per heavy atom.